The lowest BCUT2D eigenvalue weighted by atomic mass is 9.84. The van der Waals surface area contributed by atoms with Crippen LogP contribution in [-0.4, -0.2) is 37.5 Å². The molecule has 3 heteroatoms. The van der Waals surface area contributed by atoms with Crippen molar-refractivity contribution in [2.24, 2.45) is 17.8 Å². The molecule has 1 atom stereocenters. The summed E-state index contributed by atoms with van der Waals surface area (Å²) in [6, 6.07) is 0. The van der Waals surface area contributed by atoms with Crippen LogP contribution in [0, 0.1) is 17.8 Å². The lowest BCUT2D eigenvalue weighted by molar-refractivity contribution is 0.0954. The molecule has 0 aromatic rings. The molecule has 0 saturated carbocycles. The van der Waals surface area contributed by atoms with Crippen LogP contribution in [0.1, 0.15) is 47.0 Å². The van der Waals surface area contributed by atoms with Gasteiger partial charge in [-0.15, -0.1) is 0 Å². The van der Waals surface area contributed by atoms with Crippen molar-refractivity contribution < 1.29 is 5.11 Å². The van der Waals surface area contributed by atoms with E-state index in [1.165, 1.54) is 32.5 Å². The Balaban J connectivity index is 2.41. The monoisotopic (exact) mass is 291 g/mol. The van der Waals surface area contributed by atoms with Crippen molar-refractivity contribution in [1.82, 2.24) is 4.90 Å². The molecule has 0 aliphatic carbocycles. The van der Waals surface area contributed by atoms with Crippen LogP contribution in [0.4, 0.5) is 0 Å². The van der Waals surface area contributed by atoms with Crippen LogP contribution in [0.5, 0.6) is 0 Å². The van der Waals surface area contributed by atoms with Crippen LogP contribution >= 0.6 is 0 Å². The molecule has 1 saturated heterocycles. The van der Waals surface area contributed by atoms with E-state index in [1.54, 1.807) is 0 Å². The van der Waals surface area contributed by atoms with Crippen LogP contribution in [-0.2, 0) is 0 Å². The van der Waals surface area contributed by atoms with Crippen molar-refractivity contribution in [3.8, 4) is 0 Å². The van der Waals surface area contributed by atoms with Gasteiger partial charge in [0.25, 0.3) is 0 Å². The first-order valence-corrected chi connectivity index (χ1v) is 8.81. The van der Waals surface area contributed by atoms with Crippen LogP contribution in [0.15, 0.2) is 23.5 Å². The van der Waals surface area contributed by atoms with E-state index in [0.717, 1.165) is 24.2 Å². The van der Waals surface area contributed by atoms with Gasteiger partial charge in [-0.1, -0.05) is 46.2 Å². The Kier molecular flexibility index (Phi) is 8.17. The minimum absolute atomic E-state index is 0.216. The van der Waals surface area contributed by atoms with E-state index in [-0.39, 0.29) is 5.92 Å². The van der Waals surface area contributed by atoms with E-state index in [2.05, 4.69) is 52.6 Å². The largest absolute Gasteiger partial charge is 0.512 e. The molecule has 0 unspecified atom stereocenters. The molecule has 21 heavy (non-hydrogen) atoms. The number of hydrogen-bond acceptors (Lipinski definition) is 2. The fourth-order valence-corrected chi connectivity index (χ4v) is 2.96. The first-order valence-electron chi connectivity index (χ1n) is 8.81. The molecule has 0 spiro atoms. The van der Waals surface area contributed by atoms with Gasteiger partial charge in [0.1, 0.15) is 7.85 Å². The van der Waals surface area contributed by atoms with E-state index in [9.17, 15) is 5.11 Å². The number of likely N-dealkylation sites (tertiary alicyclic amines) is 1. The molecule has 1 N–H and O–H groups in total. The molecule has 120 valence electrons. The highest BCUT2D eigenvalue weighted by Crippen LogP contribution is 2.24. The normalized spacial score (nSPS) is 19.9. The summed E-state index contributed by atoms with van der Waals surface area (Å²) in [6.45, 7) is 12.4. The van der Waals surface area contributed by atoms with Crippen molar-refractivity contribution in [3.63, 3.8) is 0 Å². The number of allylic oxidation sites excluding steroid dienone is 4. The highest BCUT2D eigenvalue weighted by molar-refractivity contribution is 6.08. The summed E-state index contributed by atoms with van der Waals surface area (Å²) in [5.74, 6) is 2.11. The molecule has 0 aromatic heterocycles. The van der Waals surface area contributed by atoms with E-state index in [1.807, 2.05) is 0 Å². The zero-order chi connectivity index (χ0) is 15.8. The molecule has 0 amide bonds. The summed E-state index contributed by atoms with van der Waals surface area (Å²) in [5.41, 5.74) is 1.13. The van der Waals surface area contributed by atoms with Gasteiger partial charge in [-0.2, -0.15) is 0 Å². The van der Waals surface area contributed by atoms with Crippen LogP contribution in [0.3, 0.4) is 0 Å². The van der Waals surface area contributed by atoms with Gasteiger partial charge < -0.3 is 10.0 Å². The van der Waals surface area contributed by atoms with E-state index < -0.39 is 0 Å². The van der Waals surface area contributed by atoms with Crippen molar-refractivity contribution in [1.29, 1.82) is 0 Å². The van der Waals surface area contributed by atoms with E-state index >= 15 is 0 Å². The zero-order valence-corrected chi connectivity index (χ0v) is 14.7. The van der Waals surface area contributed by atoms with Crippen LogP contribution < -0.4 is 0 Å². The second-order valence-electron chi connectivity index (χ2n) is 6.91. The van der Waals surface area contributed by atoms with Crippen LogP contribution in [0.2, 0.25) is 6.32 Å². The van der Waals surface area contributed by atoms with Crippen LogP contribution in [0.25, 0.3) is 0 Å². The fourth-order valence-electron chi connectivity index (χ4n) is 2.96. The molecule has 1 fully saturated rings. The third kappa shape index (κ3) is 5.90. The van der Waals surface area contributed by atoms with Gasteiger partial charge in [0.15, 0.2) is 0 Å². The molecule has 0 aromatic carbocycles. The first-order chi connectivity index (χ1) is 9.99. The lowest BCUT2D eigenvalue weighted by Crippen LogP contribution is -2.46. The quantitative estimate of drug-likeness (QED) is 0.396. The predicted molar refractivity (Wildman–Crippen MR) is 95.6 cm³/mol. The van der Waals surface area contributed by atoms with E-state index in [4.69, 9.17) is 0 Å². The van der Waals surface area contributed by atoms with Gasteiger partial charge in [-0.25, -0.2) is 0 Å². The molecule has 1 aliphatic heterocycles. The van der Waals surface area contributed by atoms with Crippen molar-refractivity contribution >= 4 is 7.85 Å². The van der Waals surface area contributed by atoms with Gasteiger partial charge in [-0.05, 0) is 43.2 Å². The summed E-state index contributed by atoms with van der Waals surface area (Å²) in [5, 5.41) is 10.3. The summed E-state index contributed by atoms with van der Waals surface area (Å²) < 4.78 is 0. The lowest BCUT2D eigenvalue weighted by Gasteiger charge is -2.39. The summed E-state index contributed by atoms with van der Waals surface area (Å²) in [6.07, 6.45) is 9.20. The average molecular weight is 291 g/mol. The minimum Gasteiger partial charge on any atom is -0.512 e. The molecule has 0 radical (unpaired) electrons. The fraction of sp³-hybridized carbons (Fsp3) is 0.778. The van der Waals surface area contributed by atoms with Crippen molar-refractivity contribution in [2.45, 2.75) is 53.3 Å². The number of hydrogen-bond donors (Lipinski definition) is 1. The summed E-state index contributed by atoms with van der Waals surface area (Å²) in [7, 11) is 2.18. The third-order valence-corrected chi connectivity index (χ3v) is 4.60. The van der Waals surface area contributed by atoms with Crippen molar-refractivity contribution in [2.75, 3.05) is 19.6 Å². The van der Waals surface area contributed by atoms with E-state index in [0.29, 0.717) is 11.7 Å². The topological polar surface area (TPSA) is 23.5 Å². The highest BCUT2D eigenvalue weighted by atomic mass is 16.3. The zero-order valence-electron chi connectivity index (χ0n) is 14.7. The Morgan fingerprint density at radius 3 is 2.52 bits per heavy atom. The Labute approximate surface area is 132 Å². The molecular weight excluding hydrogens is 257 g/mol. The maximum absolute atomic E-state index is 10.3. The summed E-state index contributed by atoms with van der Waals surface area (Å²) in [4.78, 5) is 2.55. The molecular formula is C18H34BNO. The molecule has 1 aliphatic rings. The second-order valence-corrected chi connectivity index (χ2v) is 6.91. The maximum Gasteiger partial charge on any atom is 0.102 e. The predicted octanol–water partition coefficient (Wildman–Crippen LogP) is 3.82. The Bertz CT molecular complexity index is 356. The Hall–Kier alpha value is -0.695. The summed E-state index contributed by atoms with van der Waals surface area (Å²) >= 11 is 0. The van der Waals surface area contributed by atoms with Gasteiger partial charge in [0, 0.05) is 19.0 Å². The number of rotatable bonds is 9. The molecule has 2 nitrogen and oxygen atoms in total. The third-order valence-electron chi connectivity index (χ3n) is 4.60. The van der Waals surface area contributed by atoms with Gasteiger partial charge in [-0.3, -0.25) is 0 Å². The minimum atomic E-state index is 0.216. The van der Waals surface area contributed by atoms with Gasteiger partial charge in [0.2, 0.25) is 0 Å². The Morgan fingerprint density at radius 2 is 2.00 bits per heavy atom. The first kappa shape index (κ1) is 18.4. The molecule has 1 rings (SSSR count). The maximum atomic E-state index is 10.3. The van der Waals surface area contributed by atoms with Crippen molar-refractivity contribution in [3.05, 3.63) is 23.5 Å². The average Bonchev–Trinajstić information content (AvgIpc) is 2.42. The number of aliphatic hydroxyl groups excluding tert-OH is 1. The van der Waals surface area contributed by atoms with Gasteiger partial charge in [0.05, 0.1) is 5.76 Å². The highest BCUT2D eigenvalue weighted by Gasteiger charge is 2.24. The second kappa shape index (κ2) is 9.35. The smallest absolute Gasteiger partial charge is 0.102 e. The number of aliphatic hydroxyl groups is 1. The number of nitrogens with zero attached hydrogens (tertiary/aromatic N) is 1. The molecule has 1 heterocycles. The SMILES string of the molecule is BC[C@H](C)C(/C=C\CCC1CN(CCC)C1)=C(\O)C(C)C. The standard InChI is InChI=1S/C18H34BNO/c1-5-10-20-12-16(13-20)8-6-7-9-17(15(4)11-19)18(21)14(2)3/h7,9,14-16,21H,5-6,8,10-13,19H2,1-4H3/b9-7-,18-17-/t15-/m0/s1. The van der Waals surface area contributed by atoms with Gasteiger partial charge >= 0.3 is 0 Å². The molecule has 0 bridgehead atoms. The Morgan fingerprint density at radius 1 is 1.33 bits per heavy atom.